The zero-order valence-corrected chi connectivity index (χ0v) is 11.1. The number of para-hydroxylation sites is 1. The van der Waals surface area contributed by atoms with Gasteiger partial charge < -0.3 is 4.74 Å². The molecule has 0 radical (unpaired) electrons. The topological polar surface area (TPSA) is 69.4 Å². The number of hydrogen-bond acceptors (Lipinski definition) is 4. The van der Waals surface area contributed by atoms with Crippen LogP contribution in [0.4, 0.5) is 5.69 Å². The number of nitro groups is 1. The molecule has 2 aromatic carbocycles. The van der Waals surface area contributed by atoms with Crippen molar-refractivity contribution in [3.05, 3.63) is 81.9 Å². The molecule has 0 spiro atoms. The number of ether oxygens (including phenoxy) is 1. The van der Waals surface area contributed by atoms with E-state index in [1.54, 1.807) is 18.2 Å². The Labute approximate surface area is 121 Å². The normalized spacial score (nSPS) is 10.5. The Kier molecular flexibility index (Phi) is 4.82. The molecule has 0 aliphatic carbocycles. The minimum Gasteiger partial charge on any atom is -0.458 e. The molecule has 0 N–H and O–H groups in total. The Hall–Kier alpha value is -2.95. The van der Waals surface area contributed by atoms with Crippen molar-refractivity contribution < 1.29 is 14.5 Å². The van der Waals surface area contributed by atoms with E-state index in [2.05, 4.69) is 0 Å². The monoisotopic (exact) mass is 283 g/mol. The Morgan fingerprint density at radius 3 is 2.48 bits per heavy atom. The number of carbonyl (C=O) groups is 1. The van der Waals surface area contributed by atoms with Gasteiger partial charge in [0.05, 0.1) is 10.5 Å². The fourth-order valence-electron chi connectivity index (χ4n) is 1.73. The van der Waals surface area contributed by atoms with Crippen LogP contribution in [0.3, 0.4) is 0 Å². The predicted octanol–water partition coefficient (Wildman–Crippen LogP) is 3.35. The van der Waals surface area contributed by atoms with Crippen LogP contribution in [0.2, 0.25) is 0 Å². The van der Waals surface area contributed by atoms with Crippen LogP contribution in [0.25, 0.3) is 6.08 Å². The van der Waals surface area contributed by atoms with E-state index in [1.165, 1.54) is 18.2 Å². The summed E-state index contributed by atoms with van der Waals surface area (Å²) in [5.41, 5.74) is 1.19. The van der Waals surface area contributed by atoms with E-state index in [9.17, 15) is 14.9 Å². The molecule has 0 heterocycles. The van der Waals surface area contributed by atoms with Crippen LogP contribution in [-0.4, -0.2) is 10.9 Å². The zero-order valence-electron chi connectivity index (χ0n) is 11.1. The van der Waals surface area contributed by atoms with Gasteiger partial charge in [0.1, 0.15) is 6.61 Å². The number of hydrogen-bond donors (Lipinski definition) is 0. The second-order valence-electron chi connectivity index (χ2n) is 4.24. The van der Waals surface area contributed by atoms with Gasteiger partial charge in [0.2, 0.25) is 0 Å². The van der Waals surface area contributed by atoms with Crippen molar-refractivity contribution in [2.24, 2.45) is 0 Å². The highest BCUT2D eigenvalue weighted by atomic mass is 16.6. The quantitative estimate of drug-likeness (QED) is 0.365. The van der Waals surface area contributed by atoms with Gasteiger partial charge in [0.25, 0.3) is 5.69 Å². The van der Waals surface area contributed by atoms with E-state index in [-0.39, 0.29) is 12.3 Å². The number of nitro benzene ring substituents is 1. The maximum atomic E-state index is 11.6. The summed E-state index contributed by atoms with van der Waals surface area (Å²) in [6.45, 7) is 0.168. The second kappa shape index (κ2) is 7.00. The van der Waals surface area contributed by atoms with Crippen molar-refractivity contribution in [1.29, 1.82) is 0 Å². The van der Waals surface area contributed by atoms with Gasteiger partial charge in [0, 0.05) is 12.1 Å². The minimum absolute atomic E-state index is 0.0513. The highest BCUT2D eigenvalue weighted by Crippen LogP contribution is 2.18. The van der Waals surface area contributed by atoms with E-state index >= 15 is 0 Å². The van der Waals surface area contributed by atoms with Gasteiger partial charge in [-0.3, -0.25) is 10.1 Å². The summed E-state index contributed by atoms with van der Waals surface area (Å²) in [5.74, 6) is -0.544. The fourth-order valence-corrected chi connectivity index (χ4v) is 1.73. The molecule has 0 saturated heterocycles. The first-order valence-corrected chi connectivity index (χ1v) is 6.29. The molecule has 5 heteroatoms. The molecule has 0 atom stereocenters. The van der Waals surface area contributed by atoms with Crippen molar-refractivity contribution >= 4 is 17.7 Å². The van der Waals surface area contributed by atoms with Gasteiger partial charge in [0.15, 0.2) is 0 Å². The lowest BCUT2D eigenvalue weighted by molar-refractivity contribution is -0.385. The van der Waals surface area contributed by atoms with Crippen LogP contribution < -0.4 is 0 Å². The number of esters is 1. The summed E-state index contributed by atoms with van der Waals surface area (Å²) in [6, 6.07) is 15.5. The average Bonchev–Trinajstić information content (AvgIpc) is 2.52. The van der Waals surface area contributed by atoms with Crippen molar-refractivity contribution in [1.82, 2.24) is 0 Å². The van der Waals surface area contributed by atoms with Gasteiger partial charge in [-0.05, 0) is 17.7 Å². The fraction of sp³-hybridized carbons (Fsp3) is 0.0625. The Balaban J connectivity index is 1.98. The summed E-state index contributed by atoms with van der Waals surface area (Å²) in [6.07, 6.45) is 2.57. The number of nitrogens with zero attached hydrogens (tertiary/aromatic N) is 1. The van der Waals surface area contributed by atoms with Crippen LogP contribution in [-0.2, 0) is 16.1 Å². The largest absolute Gasteiger partial charge is 0.458 e. The number of benzene rings is 2. The average molecular weight is 283 g/mol. The third kappa shape index (κ3) is 4.28. The molecule has 0 unspecified atom stereocenters. The summed E-state index contributed by atoms with van der Waals surface area (Å²) in [7, 11) is 0. The molecule has 0 aliphatic heterocycles. The standard InChI is InChI=1S/C16H13NO4/c18-16(21-12-13-6-2-1-3-7-13)11-10-14-8-4-5-9-15(14)17(19)20/h1-11H,12H2/b11-10-. The highest BCUT2D eigenvalue weighted by Gasteiger charge is 2.09. The maximum absolute atomic E-state index is 11.6. The Morgan fingerprint density at radius 2 is 1.76 bits per heavy atom. The van der Waals surface area contributed by atoms with Crippen LogP contribution in [0.1, 0.15) is 11.1 Å². The molecule has 0 aliphatic rings. The van der Waals surface area contributed by atoms with Gasteiger partial charge >= 0.3 is 5.97 Å². The molecule has 0 saturated carbocycles. The molecule has 0 amide bonds. The second-order valence-corrected chi connectivity index (χ2v) is 4.24. The van der Waals surface area contributed by atoms with Crippen LogP contribution >= 0.6 is 0 Å². The van der Waals surface area contributed by atoms with E-state index in [4.69, 9.17) is 4.74 Å². The van der Waals surface area contributed by atoms with Crippen molar-refractivity contribution in [2.45, 2.75) is 6.61 Å². The molecular weight excluding hydrogens is 270 g/mol. The smallest absolute Gasteiger partial charge is 0.331 e. The molecule has 106 valence electrons. The molecule has 0 bridgehead atoms. The number of carbonyl (C=O) groups excluding carboxylic acids is 1. The molecule has 0 fully saturated rings. The van der Waals surface area contributed by atoms with Crippen molar-refractivity contribution in [2.75, 3.05) is 0 Å². The summed E-state index contributed by atoms with van der Waals surface area (Å²) in [5, 5.41) is 10.8. The number of rotatable bonds is 5. The van der Waals surface area contributed by atoms with Crippen molar-refractivity contribution in [3.63, 3.8) is 0 Å². The van der Waals surface area contributed by atoms with Gasteiger partial charge in [-0.1, -0.05) is 42.5 Å². The van der Waals surface area contributed by atoms with Crippen LogP contribution in [0.15, 0.2) is 60.7 Å². The summed E-state index contributed by atoms with van der Waals surface area (Å²) in [4.78, 5) is 21.9. The van der Waals surface area contributed by atoms with Gasteiger partial charge in [-0.2, -0.15) is 0 Å². The first-order chi connectivity index (χ1) is 10.2. The lowest BCUT2D eigenvalue weighted by Crippen LogP contribution is -2.00. The van der Waals surface area contributed by atoms with Crippen LogP contribution in [0, 0.1) is 10.1 Å². The highest BCUT2D eigenvalue weighted by molar-refractivity contribution is 5.87. The maximum Gasteiger partial charge on any atom is 0.331 e. The molecule has 2 aromatic rings. The molecule has 2 rings (SSSR count). The first kappa shape index (κ1) is 14.5. The summed E-state index contributed by atoms with van der Waals surface area (Å²) < 4.78 is 5.05. The lowest BCUT2D eigenvalue weighted by Gasteiger charge is -2.01. The van der Waals surface area contributed by atoms with E-state index in [0.717, 1.165) is 5.56 Å². The molecule has 5 nitrogen and oxygen atoms in total. The van der Waals surface area contributed by atoms with Crippen molar-refractivity contribution in [3.8, 4) is 0 Å². The Morgan fingerprint density at radius 1 is 1.10 bits per heavy atom. The molecular formula is C16H13NO4. The SMILES string of the molecule is O=C(/C=C\c1ccccc1[N+](=O)[O-])OCc1ccccc1. The van der Waals surface area contributed by atoms with Gasteiger partial charge in [-0.25, -0.2) is 4.79 Å². The Bertz CT molecular complexity index is 665. The predicted molar refractivity (Wildman–Crippen MR) is 78.4 cm³/mol. The lowest BCUT2D eigenvalue weighted by atomic mass is 10.1. The molecule has 21 heavy (non-hydrogen) atoms. The third-order valence-electron chi connectivity index (χ3n) is 2.76. The molecule has 0 aromatic heterocycles. The van der Waals surface area contributed by atoms with E-state index < -0.39 is 10.9 Å². The summed E-state index contributed by atoms with van der Waals surface area (Å²) >= 11 is 0. The first-order valence-electron chi connectivity index (χ1n) is 6.29. The van der Waals surface area contributed by atoms with Gasteiger partial charge in [-0.15, -0.1) is 0 Å². The third-order valence-corrected chi connectivity index (χ3v) is 2.76. The van der Waals surface area contributed by atoms with Crippen LogP contribution in [0.5, 0.6) is 0 Å². The zero-order chi connectivity index (χ0) is 15.1. The minimum atomic E-state index is -0.544. The van der Waals surface area contributed by atoms with E-state index in [1.807, 2.05) is 30.3 Å². The van der Waals surface area contributed by atoms with E-state index in [0.29, 0.717) is 5.56 Å².